The monoisotopic (exact) mass is 328 g/mol. The fourth-order valence-electron chi connectivity index (χ4n) is 2.61. The highest BCUT2D eigenvalue weighted by atomic mass is 16.4. The number of carbonyl (C=O) groups is 2. The summed E-state index contributed by atoms with van der Waals surface area (Å²) in [5.74, 6) is -1.10. The van der Waals surface area contributed by atoms with Gasteiger partial charge in [-0.05, 0) is 37.5 Å². The Morgan fingerprint density at radius 1 is 1.17 bits per heavy atom. The topological polar surface area (TPSA) is 73.4 Å². The molecule has 0 fully saturated rings. The number of carbonyl (C=O) groups excluding carboxylic acids is 1. The molecule has 0 aliphatic rings. The quantitative estimate of drug-likeness (QED) is 0.780. The molecule has 0 aliphatic carbocycles. The minimum atomic E-state index is -0.977. The predicted molar refractivity (Wildman–Crippen MR) is 93.7 cm³/mol. The van der Waals surface area contributed by atoms with E-state index < -0.39 is 5.97 Å². The lowest BCUT2D eigenvalue weighted by molar-refractivity contribution is -0.146. The minimum Gasteiger partial charge on any atom is -0.480 e. The van der Waals surface area contributed by atoms with Crippen molar-refractivity contribution < 1.29 is 14.7 Å². The van der Waals surface area contributed by atoms with E-state index in [2.05, 4.69) is 4.98 Å². The molecule has 1 heterocycles. The van der Waals surface area contributed by atoms with Crippen LogP contribution in [0.4, 0.5) is 0 Å². The van der Waals surface area contributed by atoms with Gasteiger partial charge >= 0.3 is 5.97 Å². The van der Waals surface area contributed by atoms with E-state index in [4.69, 9.17) is 5.11 Å². The Labute approximate surface area is 142 Å². The maximum Gasteiger partial charge on any atom is 0.323 e. The molecule has 0 saturated heterocycles. The van der Waals surface area contributed by atoms with Gasteiger partial charge < -0.3 is 15.0 Å². The molecular weight excluding hydrogens is 304 g/mol. The van der Waals surface area contributed by atoms with Crippen LogP contribution in [0.3, 0.4) is 0 Å². The van der Waals surface area contributed by atoms with Crippen molar-refractivity contribution >= 4 is 11.9 Å². The number of nitrogens with zero attached hydrogens (tertiary/aromatic N) is 1. The van der Waals surface area contributed by atoms with E-state index in [0.717, 1.165) is 23.4 Å². The molecular formula is C19H24N2O3. The number of aryl methyl sites for hydroxylation is 1. The first-order chi connectivity index (χ1) is 11.5. The van der Waals surface area contributed by atoms with Gasteiger partial charge in [-0.15, -0.1) is 0 Å². The van der Waals surface area contributed by atoms with Gasteiger partial charge in [0, 0.05) is 23.9 Å². The number of carboxylic acids is 1. The average molecular weight is 328 g/mol. The molecule has 24 heavy (non-hydrogen) atoms. The molecule has 5 nitrogen and oxygen atoms in total. The number of rotatable bonds is 8. The van der Waals surface area contributed by atoms with Gasteiger partial charge in [-0.2, -0.15) is 0 Å². The number of carboxylic acid groups (broad SMARTS) is 1. The van der Waals surface area contributed by atoms with Gasteiger partial charge in [0.2, 0.25) is 5.91 Å². The number of aliphatic carboxylic acids is 1. The third kappa shape index (κ3) is 4.72. The number of H-pyrrole nitrogens is 1. The molecule has 0 saturated carbocycles. The van der Waals surface area contributed by atoms with E-state index in [9.17, 15) is 9.59 Å². The molecule has 0 aliphatic heterocycles. The molecule has 128 valence electrons. The number of aromatic nitrogens is 1. The van der Waals surface area contributed by atoms with Crippen LogP contribution in [-0.4, -0.2) is 39.5 Å². The molecule has 1 aromatic carbocycles. The van der Waals surface area contributed by atoms with Gasteiger partial charge in [0.1, 0.15) is 6.54 Å². The molecule has 5 heteroatoms. The summed E-state index contributed by atoms with van der Waals surface area (Å²) in [6.07, 6.45) is 1.60. The zero-order chi connectivity index (χ0) is 17.5. The van der Waals surface area contributed by atoms with Gasteiger partial charge in [-0.25, -0.2) is 0 Å². The Bertz CT molecular complexity index is 679. The van der Waals surface area contributed by atoms with Crippen molar-refractivity contribution in [2.75, 3.05) is 6.54 Å². The maximum atomic E-state index is 12.4. The molecule has 2 aromatic rings. The predicted octanol–water partition coefficient (Wildman–Crippen LogP) is 3.33. The molecule has 0 spiro atoms. The lowest BCUT2D eigenvalue weighted by Gasteiger charge is -2.26. The highest BCUT2D eigenvalue weighted by Crippen LogP contribution is 2.19. The SMILES string of the molecule is CCC(C)N(CC(=O)O)C(=O)CCc1ccc(-c2ccccc2)[nH]1. The fraction of sp³-hybridized carbons (Fsp3) is 0.368. The molecule has 1 amide bonds. The van der Waals surface area contributed by atoms with E-state index >= 15 is 0 Å². The zero-order valence-corrected chi connectivity index (χ0v) is 14.2. The number of nitrogens with one attached hydrogen (secondary N) is 1. The van der Waals surface area contributed by atoms with Crippen LogP contribution in [0, 0.1) is 0 Å². The average Bonchev–Trinajstić information content (AvgIpc) is 3.06. The first-order valence-corrected chi connectivity index (χ1v) is 8.25. The molecule has 2 N–H and O–H groups in total. The third-order valence-corrected chi connectivity index (χ3v) is 4.19. The van der Waals surface area contributed by atoms with Gasteiger partial charge in [0.15, 0.2) is 0 Å². The first kappa shape index (κ1) is 17.8. The van der Waals surface area contributed by atoms with Crippen LogP contribution >= 0.6 is 0 Å². The molecule has 1 aromatic heterocycles. The highest BCUT2D eigenvalue weighted by molar-refractivity contribution is 5.81. The van der Waals surface area contributed by atoms with Crippen molar-refractivity contribution in [3.63, 3.8) is 0 Å². The fourth-order valence-corrected chi connectivity index (χ4v) is 2.61. The third-order valence-electron chi connectivity index (χ3n) is 4.19. The van der Waals surface area contributed by atoms with Crippen molar-refractivity contribution in [3.8, 4) is 11.3 Å². The van der Waals surface area contributed by atoms with Crippen LogP contribution < -0.4 is 0 Å². The second-order valence-electron chi connectivity index (χ2n) is 5.94. The summed E-state index contributed by atoms with van der Waals surface area (Å²) in [7, 11) is 0. The standard InChI is InChI=1S/C19H24N2O3/c1-3-14(2)21(13-19(23)24)18(22)12-10-16-9-11-17(20-16)15-7-5-4-6-8-15/h4-9,11,14,20H,3,10,12-13H2,1-2H3,(H,23,24). The van der Waals surface area contributed by atoms with E-state index in [1.807, 2.05) is 56.3 Å². The molecule has 0 radical (unpaired) electrons. The van der Waals surface area contributed by atoms with Crippen molar-refractivity contribution in [1.82, 2.24) is 9.88 Å². The lowest BCUT2D eigenvalue weighted by Crippen LogP contribution is -2.41. The van der Waals surface area contributed by atoms with Crippen molar-refractivity contribution in [2.45, 2.75) is 39.2 Å². The second-order valence-corrected chi connectivity index (χ2v) is 5.94. The Balaban J connectivity index is 1.98. The molecule has 1 unspecified atom stereocenters. The Kier molecular flexibility index (Phi) is 6.18. The molecule has 1 atom stereocenters. The van der Waals surface area contributed by atoms with Crippen LogP contribution in [0.15, 0.2) is 42.5 Å². The summed E-state index contributed by atoms with van der Waals surface area (Å²) in [5.41, 5.74) is 3.09. The van der Waals surface area contributed by atoms with Crippen LogP contribution in [0.25, 0.3) is 11.3 Å². The highest BCUT2D eigenvalue weighted by Gasteiger charge is 2.21. The van der Waals surface area contributed by atoms with Crippen LogP contribution in [-0.2, 0) is 16.0 Å². The Morgan fingerprint density at radius 2 is 1.88 bits per heavy atom. The van der Waals surface area contributed by atoms with Crippen molar-refractivity contribution in [2.24, 2.45) is 0 Å². The number of hydrogen-bond donors (Lipinski definition) is 2. The van der Waals surface area contributed by atoms with Gasteiger partial charge in [0.05, 0.1) is 0 Å². The number of amides is 1. The Hall–Kier alpha value is -2.56. The number of benzene rings is 1. The second kappa shape index (κ2) is 8.34. The smallest absolute Gasteiger partial charge is 0.323 e. The van der Waals surface area contributed by atoms with E-state index in [1.165, 1.54) is 4.90 Å². The number of aromatic amines is 1. The Morgan fingerprint density at radius 3 is 2.50 bits per heavy atom. The summed E-state index contributed by atoms with van der Waals surface area (Å²) >= 11 is 0. The summed E-state index contributed by atoms with van der Waals surface area (Å²) in [6.45, 7) is 3.58. The normalized spacial score (nSPS) is 11.9. The summed E-state index contributed by atoms with van der Waals surface area (Å²) in [6, 6.07) is 13.9. The number of hydrogen-bond acceptors (Lipinski definition) is 2. The van der Waals surface area contributed by atoms with E-state index in [1.54, 1.807) is 0 Å². The van der Waals surface area contributed by atoms with Gasteiger partial charge in [-0.3, -0.25) is 9.59 Å². The first-order valence-electron chi connectivity index (χ1n) is 8.25. The lowest BCUT2D eigenvalue weighted by atomic mass is 10.1. The summed E-state index contributed by atoms with van der Waals surface area (Å²) in [4.78, 5) is 28.1. The van der Waals surface area contributed by atoms with Crippen molar-refractivity contribution in [3.05, 3.63) is 48.2 Å². The summed E-state index contributed by atoms with van der Waals surface area (Å²) < 4.78 is 0. The maximum absolute atomic E-state index is 12.4. The van der Waals surface area contributed by atoms with Crippen LogP contribution in [0.5, 0.6) is 0 Å². The largest absolute Gasteiger partial charge is 0.480 e. The molecule has 2 rings (SSSR count). The van der Waals surface area contributed by atoms with Gasteiger partial charge in [0.25, 0.3) is 0 Å². The van der Waals surface area contributed by atoms with E-state index in [0.29, 0.717) is 12.8 Å². The van der Waals surface area contributed by atoms with Crippen LogP contribution in [0.2, 0.25) is 0 Å². The summed E-state index contributed by atoms with van der Waals surface area (Å²) in [5, 5.41) is 8.99. The zero-order valence-electron chi connectivity index (χ0n) is 14.2. The van der Waals surface area contributed by atoms with E-state index in [-0.39, 0.29) is 18.5 Å². The van der Waals surface area contributed by atoms with Gasteiger partial charge in [-0.1, -0.05) is 37.3 Å². The van der Waals surface area contributed by atoms with Crippen LogP contribution in [0.1, 0.15) is 32.4 Å². The van der Waals surface area contributed by atoms with Crippen molar-refractivity contribution in [1.29, 1.82) is 0 Å². The molecule has 0 bridgehead atoms. The minimum absolute atomic E-state index is 0.0721.